The molecule has 182 valence electrons. The van der Waals surface area contributed by atoms with Gasteiger partial charge in [0.1, 0.15) is 5.78 Å². The number of likely N-dealkylation sites (tertiary alicyclic amines) is 1. The number of ether oxygens (including phenoxy) is 1. The summed E-state index contributed by atoms with van der Waals surface area (Å²) >= 11 is 5.90. The van der Waals surface area contributed by atoms with E-state index < -0.39 is 15.1 Å². The Labute approximate surface area is 206 Å². The summed E-state index contributed by atoms with van der Waals surface area (Å²) in [5.74, 6) is -0.152. The lowest BCUT2D eigenvalue weighted by atomic mass is 9.79. The molecular weight excluding hydrogens is 474 g/mol. The molecule has 34 heavy (non-hydrogen) atoms. The number of hydrogen-bond donors (Lipinski definition) is 0. The molecule has 1 spiro atoms. The zero-order valence-corrected chi connectivity index (χ0v) is 20.6. The van der Waals surface area contributed by atoms with Gasteiger partial charge in [-0.25, -0.2) is 8.42 Å². The number of nitrogens with zero attached hydrogens (tertiary/aromatic N) is 3. The van der Waals surface area contributed by atoms with E-state index in [-0.39, 0.29) is 29.8 Å². The fourth-order valence-corrected chi connectivity index (χ4v) is 7.09. The molecular formula is C25H30ClN3O4S. The molecule has 2 saturated heterocycles. The van der Waals surface area contributed by atoms with Crippen LogP contribution in [0.1, 0.15) is 37.7 Å². The highest BCUT2D eigenvalue weighted by atomic mass is 35.5. The van der Waals surface area contributed by atoms with Gasteiger partial charge in [0.15, 0.2) is 9.84 Å². The van der Waals surface area contributed by atoms with Crippen molar-refractivity contribution >= 4 is 39.5 Å². The number of sulfone groups is 1. The van der Waals surface area contributed by atoms with Crippen LogP contribution in [0.15, 0.2) is 47.1 Å². The lowest BCUT2D eigenvalue weighted by Gasteiger charge is -2.40. The monoisotopic (exact) mass is 503 g/mol. The molecule has 0 amide bonds. The molecule has 0 aromatic heterocycles. The second-order valence-electron chi connectivity index (χ2n) is 9.78. The Balaban J connectivity index is 1.20. The van der Waals surface area contributed by atoms with E-state index in [1.54, 1.807) is 36.5 Å². The molecule has 1 aromatic carbocycles. The average Bonchev–Trinajstić information content (AvgIpc) is 3.20. The fraction of sp³-hybridized carbons (Fsp3) is 0.520. The second-order valence-corrected chi connectivity index (χ2v) is 12.3. The van der Waals surface area contributed by atoms with E-state index in [0.29, 0.717) is 17.9 Å². The molecule has 3 atom stereocenters. The van der Waals surface area contributed by atoms with E-state index in [9.17, 15) is 13.2 Å². The van der Waals surface area contributed by atoms with Crippen LogP contribution in [-0.2, 0) is 19.4 Å². The zero-order chi connectivity index (χ0) is 23.8. The third-order valence-corrected chi connectivity index (χ3v) is 9.55. The summed E-state index contributed by atoms with van der Waals surface area (Å²) in [6.07, 6.45) is 9.88. The Bertz CT molecular complexity index is 1110. The number of ketones is 1. The maximum Gasteiger partial charge on any atom is 0.175 e. The van der Waals surface area contributed by atoms with Crippen LogP contribution in [0.4, 0.5) is 0 Å². The molecule has 1 aliphatic carbocycles. The fourth-order valence-electron chi connectivity index (χ4n) is 5.54. The first kappa shape index (κ1) is 23.7. The zero-order valence-electron chi connectivity index (χ0n) is 19.1. The molecule has 1 aromatic rings. The van der Waals surface area contributed by atoms with Gasteiger partial charge in [-0.05, 0) is 49.5 Å². The van der Waals surface area contributed by atoms with E-state index >= 15 is 0 Å². The first-order valence-electron chi connectivity index (χ1n) is 11.8. The maximum atomic E-state index is 13.0. The minimum absolute atomic E-state index is 0.0294. The number of fused-ring (bicyclic) bond motifs is 1. The molecule has 0 radical (unpaired) electrons. The molecule has 5 rings (SSSR count). The van der Waals surface area contributed by atoms with Crippen molar-refractivity contribution in [3.05, 3.63) is 52.7 Å². The minimum atomic E-state index is -3.58. The van der Waals surface area contributed by atoms with E-state index in [2.05, 4.69) is 14.8 Å². The summed E-state index contributed by atoms with van der Waals surface area (Å²) in [6, 6.07) is 6.97. The van der Waals surface area contributed by atoms with Crippen LogP contribution < -0.4 is 0 Å². The standard InChI is InChI=1S/C25H30ClN3O4S/c26-20-3-1-19(2-4-20)5-14-34(31,32)21-15-23(30)22-17-25(33-24(22)16-21)6-10-28(11-7-25)18-29-12-8-27-9-13-29/h1-5,8-9,12,14,21-22,24H,6-7,10-11,13,15-18H2/b14-5+. The topological polar surface area (TPSA) is 79.3 Å². The van der Waals surface area contributed by atoms with Crippen LogP contribution in [-0.4, -0.2) is 73.5 Å². The SMILES string of the molecule is O=C1CC(S(=O)(=O)/C=C/c2ccc(Cl)cc2)CC2OC3(CCN(CN4C=CN=CC4)CC3)CC12. The van der Waals surface area contributed by atoms with E-state index in [1.807, 2.05) is 12.4 Å². The van der Waals surface area contributed by atoms with Crippen molar-refractivity contribution in [3.63, 3.8) is 0 Å². The van der Waals surface area contributed by atoms with Gasteiger partial charge >= 0.3 is 0 Å². The van der Waals surface area contributed by atoms with E-state index in [4.69, 9.17) is 16.3 Å². The normalized spacial score (nSPS) is 29.3. The largest absolute Gasteiger partial charge is 0.371 e. The van der Waals surface area contributed by atoms with Gasteiger partial charge in [-0.15, -0.1) is 0 Å². The highest BCUT2D eigenvalue weighted by Gasteiger charge is 2.53. The number of piperidine rings is 1. The number of aliphatic imine (C=N–C) groups is 1. The number of carbonyl (C=O) groups is 1. The van der Waals surface area contributed by atoms with Gasteiger partial charge in [-0.1, -0.05) is 23.7 Å². The molecule has 3 unspecified atom stereocenters. The van der Waals surface area contributed by atoms with Crippen molar-refractivity contribution in [2.45, 2.75) is 49.1 Å². The third kappa shape index (κ3) is 5.15. The summed E-state index contributed by atoms with van der Waals surface area (Å²) in [4.78, 5) is 21.7. The van der Waals surface area contributed by atoms with Gasteiger partial charge < -0.3 is 9.64 Å². The molecule has 3 fully saturated rings. The first-order valence-corrected chi connectivity index (χ1v) is 13.8. The summed E-state index contributed by atoms with van der Waals surface area (Å²) in [7, 11) is -3.58. The predicted octanol–water partition coefficient (Wildman–Crippen LogP) is 3.51. The predicted molar refractivity (Wildman–Crippen MR) is 133 cm³/mol. The van der Waals surface area contributed by atoms with Crippen molar-refractivity contribution in [1.29, 1.82) is 0 Å². The summed E-state index contributed by atoms with van der Waals surface area (Å²) in [5, 5.41) is 1.10. The van der Waals surface area contributed by atoms with E-state index in [1.165, 1.54) is 5.41 Å². The molecule has 9 heteroatoms. The lowest BCUT2D eigenvalue weighted by Crippen LogP contribution is -2.47. The summed E-state index contributed by atoms with van der Waals surface area (Å²) in [5.41, 5.74) is 0.446. The number of Topliss-reactive ketones (excluding diaryl/α,β-unsaturated/α-hetero) is 1. The highest BCUT2D eigenvalue weighted by molar-refractivity contribution is 7.95. The Hall–Kier alpha value is -2.00. The van der Waals surface area contributed by atoms with Crippen LogP contribution in [0.25, 0.3) is 6.08 Å². The van der Waals surface area contributed by atoms with Gasteiger partial charge in [0.2, 0.25) is 0 Å². The van der Waals surface area contributed by atoms with Crippen LogP contribution in [0.5, 0.6) is 0 Å². The second kappa shape index (κ2) is 9.57. The third-order valence-electron chi connectivity index (χ3n) is 7.50. The Morgan fingerprint density at radius 2 is 1.97 bits per heavy atom. The average molecular weight is 504 g/mol. The van der Waals surface area contributed by atoms with Crippen molar-refractivity contribution < 1.29 is 17.9 Å². The Kier molecular flexibility index (Phi) is 6.68. The van der Waals surface area contributed by atoms with Crippen LogP contribution in [0.2, 0.25) is 5.02 Å². The number of rotatable bonds is 5. The molecule has 3 heterocycles. The van der Waals surface area contributed by atoms with Gasteiger partial charge in [-0.3, -0.25) is 14.7 Å². The van der Waals surface area contributed by atoms with E-state index in [0.717, 1.165) is 44.7 Å². The van der Waals surface area contributed by atoms with Gasteiger partial charge in [-0.2, -0.15) is 0 Å². The Morgan fingerprint density at radius 3 is 2.68 bits per heavy atom. The van der Waals surface area contributed by atoms with Gasteiger partial charge in [0.05, 0.1) is 30.2 Å². The van der Waals surface area contributed by atoms with Crippen LogP contribution in [0, 0.1) is 5.92 Å². The van der Waals surface area contributed by atoms with Crippen molar-refractivity contribution in [3.8, 4) is 0 Å². The van der Waals surface area contributed by atoms with Crippen molar-refractivity contribution in [2.24, 2.45) is 10.9 Å². The smallest absolute Gasteiger partial charge is 0.175 e. The maximum absolute atomic E-state index is 13.0. The van der Waals surface area contributed by atoms with Gasteiger partial charge in [0.25, 0.3) is 0 Å². The Morgan fingerprint density at radius 1 is 1.21 bits per heavy atom. The highest BCUT2D eigenvalue weighted by Crippen LogP contribution is 2.47. The number of benzene rings is 1. The van der Waals surface area contributed by atoms with Gasteiger partial charge in [0, 0.05) is 54.5 Å². The quantitative estimate of drug-likeness (QED) is 0.611. The van der Waals surface area contributed by atoms with Crippen molar-refractivity contribution in [1.82, 2.24) is 9.80 Å². The first-order chi connectivity index (χ1) is 16.3. The molecule has 3 aliphatic heterocycles. The summed E-state index contributed by atoms with van der Waals surface area (Å²) in [6.45, 7) is 3.47. The molecule has 0 bridgehead atoms. The number of halogens is 1. The lowest BCUT2D eigenvalue weighted by molar-refractivity contribution is -0.128. The molecule has 1 saturated carbocycles. The van der Waals surface area contributed by atoms with Crippen LogP contribution >= 0.6 is 11.6 Å². The molecule has 7 nitrogen and oxygen atoms in total. The number of hydrogen-bond acceptors (Lipinski definition) is 7. The summed E-state index contributed by atoms with van der Waals surface area (Å²) < 4.78 is 32.5. The van der Waals surface area contributed by atoms with Crippen LogP contribution in [0.3, 0.4) is 0 Å². The van der Waals surface area contributed by atoms with Crippen molar-refractivity contribution in [2.75, 3.05) is 26.3 Å². The molecule has 4 aliphatic rings. The molecule has 0 N–H and O–H groups in total. The number of carbonyl (C=O) groups excluding carboxylic acids is 1. The minimum Gasteiger partial charge on any atom is -0.371 e.